The van der Waals surface area contributed by atoms with Crippen molar-refractivity contribution < 1.29 is 5.11 Å². The highest BCUT2D eigenvalue weighted by Crippen LogP contribution is 2.22. The summed E-state index contributed by atoms with van der Waals surface area (Å²) in [7, 11) is 0. The highest BCUT2D eigenvalue weighted by Gasteiger charge is 2.19. The normalized spacial score (nSPS) is 22.5. The summed E-state index contributed by atoms with van der Waals surface area (Å²) in [5.41, 5.74) is 7.13. The number of pyridine rings is 1. The fourth-order valence-corrected chi connectivity index (χ4v) is 2.91. The lowest BCUT2D eigenvalue weighted by atomic mass is 9.93. The minimum absolute atomic E-state index is 0.130. The van der Waals surface area contributed by atoms with Gasteiger partial charge in [0.1, 0.15) is 11.6 Å². The maximum absolute atomic E-state index is 9.57. The van der Waals surface area contributed by atoms with Gasteiger partial charge in [0.15, 0.2) is 0 Å². The Bertz CT molecular complexity index is 440. The summed E-state index contributed by atoms with van der Waals surface area (Å²) in [6.45, 7) is 7.29. The third kappa shape index (κ3) is 4.86. The molecule has 118 valence electrons. The SMILES string of the molecule is CCN(CC)Cc1cc(N)nc(NC2CCC(O)CC2)c1. The molecule has 0 atom stereocenters. The average Bonchev–Trinajstić information content (AvgIpc) is 2.46. The fraction of sp³-hybridized carbons (Fsp3) is 0.688. The van der Waals surface area contributed by atoms with Crippen LogP contribution < -0.4 is 11.1 Å². The second kappa shape index (κ2) is 7.61. The molecule has 0 radical (unpaired) electrons. The van der Waals surface area contributed by atoms with E-state index in [4.69, 9.17) is 5.73 Å². The number of aliphatic hydroxyl groups excluding tert-OH is 1. The van der Waals surface area contributed by atoms with Gasteiger partial charge in [0, 0.05) is 12.6 Å². The third-order valence-electron chi connectivity index (χ3n) is 4.25. The zero-order valence-corrected chi connectivity index (χ0v) is 13.2. The molecule has 0 aromatic carbocycles. The molecular formula is C16H28N4O. The minimum atomic E-state index is -0.130. The van der Waals surface area contributed by atoms with Gasteiger partial charge in [-0.25, -0.2) is 4.98 Å². The van der Waals surface area contributed by atoms with Crippen LogP contribution in [0, 0.1) is 0 Å². The first-order chi connectivity index (χ1) is 10.1. The lowest BCUT2D eigenvalue weighted by Crippen LogP contribution is -2.28. The van der Waals surface area contributed by atoms with Gasteiger partial charge in [-0.15, -0.1) is 0 Å². The van der Waals surface area contributed by atoms with Crippen molar-refractivity contribution >= 4 is 11.6 Å². The smallest absolute Gasteiger partial charge is 0.128 e. The van der Waals surface area contributed by atoms with Crippen LogP contribution >= 0.6 is 0 Å². The van der Waals surface area contributed by atoms with Gasteiger partial charge in [-0.05, 0) is 56.5 Å². The van der Waals surface area contributed by atoms with Crippen LogP contribution in [0.1, 0.15) is 45.1 Å². The number of aliphatic hydroxyl groups is 1. The summed E-state index contributed by atoms with van der Waals surface area (Å²) in [4.78, 5) is 6.75. The Balaban J connectivity index is 2.01. The molecule has 1 heterocycles. The molecule has 0 saturated heterocycles. The lowest BCUT2D eigenvalue weighted by molar-refractivity contribution is 0.126. The van der Waals surface area contributed by atoms with Crippen molar-refractivity contribution in [3.05, 3.63) is 17.7 Å². The molecule has 0 amide bonds. The van der Waals surface area contributed by atoms with E-state index in [9.17, 15) is 5.11 Å². The van der Waals surface area contributed by atoms with E-state index in [1.54, 1.807) is 0 Å². The maximum atomic E-state index is 9.57. The molecule has 1 aliphatic carbocycles. The maximum Gasteiger partial charge on any atom is 0.128 e. The van der Waals surface area contributed by atoms with Gasteiger partial charge in [0.25, 0.3) is 0 Å². The quantitative estimate of drug-likeness (QED) is 0.749. The zero-order chi connectivity index (χ0) is 15.2. The van der Waals surface area contributed by atoms with Gasteiger partial charge in [0.05, 0.1) is 6.10 Å². The Morgan fingerprint density at radius 2 is 1.90 bits per heavy atom. The number of rotatable bonds is 6. The molecule has 1 fully saturated rings. The van der Waals surface area contributed by atoms with Crippen molar-refractivity contribution in [3.8, 4) is 0 Å². The van der Waals surface area contributed by atoms with Gasteiger partial charge >= 0.3 is 0 Å². The van der Waals surface area contributed by atoms with Crippen molar-refractivity contribution in [1.82, 2.24) is 9.88 Å². The summed E-state index contributed by atoms with van der Waals surface area (Å²) in [6, 6.07) is 4.44. The molecule has 5 nitrogen and oxygen atoms in total. The number of hydrogen-bond donors (Lipinski definition) is 3. The first kappa shape index (κ1) is 16.0. The van der Waals surface area contributed by atoms with E-state index in [1.165, 1.54) is 5.56 Å². The van der Waals surface area contributed by atoms with E-state index in [0.717, 1.165) is 51.1 Å². The Morgan fingerprint density at radius 3 is 2.52 bits per heavy atom. The number of hydrogen-bond acceptors (Lipinski definition) is 5. The first-order valence-electron chi connectivity index (χ1n) is 8.04. The van der Waals surface area contributed by atoms with E-state index < -0.39 is 0 Å². The number of nitrogens with zero attached hydrogens (tertiary/aromatic N) is 2. The summed E-state index contributed by atoms with van der Waals surface area (Å²) in [5, 5.41) is 13.0. The second-order valence-electron chi connectivity index (χ2n) is 5.90. The van der Waals surface area contributed by atoms with Crippen molar-refractivity contribution in [1.29, 1.82) is 0 Å². The highest BCUT2D eigenvalue weighted by atomic mass is 16.3. The topological polar surface area (TPSA) is 74.4 Å². The van der Waals surface area contributed by atoms with Crippen LogP contribution in [0.5, 0.6) is 0 Å². The molecule has 0 spiro atoms. The number of nitrogens with two attached hydrogens (primary N) is 1. The molecule has 1 aliphatic rings. The van der Waals surface area contributed by atoms with Crippen LogP contribution in [-0.4, -0.2) is 40.2 Å². The molecule has 0 bridgehead atoms. The molecule has 5 heteroatoms. The fourth-order valence-electron chi connectivity index (χ4n) is 2.91. The Hall–Kier alpha value is -1.33. The zero-order valence-electron chi connectivity index (χ0n) is 13.2. The van der Waals surface area contributed by atoms with Gasteiger partial charge in [-0.1, -0.05) is 13.8 Å². The highest BCUT2D eigenvalue weighted by molar-refractivity contribution is 5.47. The van der Waals surface area contributed by atoms with Crippen molar-refractivity contribution in [2.24, 2.45) is 0 Å². The predicted octanol–water partition coefficient (Wildman–Crippen LogP) is 2.22. The van der Waals surface area contributed by atoms with E-state index in [1.807, 2.05) is 6.07 Å². The van der Waals surface area contributed by atoms with E-state index in [-0.39, 0.29) is 6.10 Å². The standard InChI is InChI=1S/C16H28N4O/c1-3-20(4-2)11-12-9-15(17)19-16(10-12)18-13-5-7-14(21)8-6-13/h9-10,13-14,21H,3-8,11H2,1-2H3,(H3,17,18,19). The minimum Gasteiger partial charge on any atom is -0.393 e. The number of aromatic nitrogens is 1. The monoisotopic (exact) mass is 292 g/mol. The summed E-state index contributed by atoms with van der Waals surface area (Å²) < 4.78 is 0. The third-order valence-corrected chi connectivity index (χ3v) is 4.25. The molecular weight excluding hydrogens is 264 g/mol. The number of nitrogen functional groups attached to an aromatic ring is 1. The van der Waals surface area contributed by atoms with Crippen LogP contribution in [0.2, 0.25) is 0 Å². The Kier molecular flexibility index (Phi) is 5.82. The van der Waals surface area contributed by atoms with Crippen LogP contribution in [0.4, 0.5) is 11.6 Å². The van der Waals surface area contributed by atoms with Gasteiger partial charge in [-0.2, -0.15) is 0 Å². The second-order valence-corrected chi connectivity index (χ2v) is 5.90. The van der Waals surface area contributed by atoms with Crippen molar-refractivity contribution in [2.75, 3.05) is 24.1 Å². The van der Waals surface area contributed by atoms with Crippen LogP contribution in [0.3, 0.4) is 0 Å². The molecule has 4 N–H and O–H groups in total. The number of nitrogens with one attached hydrogen (secondary N) is 1. The van der Waals surface area contributed by atoms with Crippen LogP contribution in [0.25, 0.3) is 0 Å². The van der Waals surface area contributed by atoms with Crippen molar-refractivity contribution in [2.45, 2.75) is 58.2 Å². The van der Waals surface area contributed by atoms with Gasteiger partial charge < -0.3 is 16.2 Å². The lowest BCUT2D eigenvalue weighted by Gasteiger charge is -2.27. The van der Waals surface area contributed by atoms with Gasteiger partial charge in [-0.3, -0.25) is 4.90 Å². The van der Waals surface area contributed by atoms with Crippen LogP contribution in [-0.2, 0) is 6.54 Å². The van der Waals surface area contributed by atoms with Gasteiger partial charge in [0.2, 0.25) is 0 Å². The molecule has 0 unspecified atom stereocenters. The summed E-state index contributed by atoms with van der Waals surface area (Å²) in [6.07, 6.45) is 3.58. The van der Waals surface area contributed by atoms with E-state index in [0.29, 0.717) is 11.9 Å². The molecule has 2 rings (SSSR count). The summed E-state index contributed by atoms with van der Waals surface area (Å²) in [5.74, 6) is 1.43. The predicted molar refractivity (Wildman–Crippen MR) is 87.2 cm³/mol. The molecule has 1 aromatic heterocycles. The Morgan fingerprint density at radius 1 is 1.24 bits per heavy atom. The van der Waals surface area contributed by atoms with Crippen LogP contribution in [0.15, 0.2) is 12.1 Å². The number of anilines is 2. The summed E-state index contributed by atoms with van der Waals surface area (Å²) >= 11 is 0. The van der Waals surface area contributed by atoms with E-state index in [2.05, 4.69) is 35.1 Å². The first-order valence-corrected chi connectivity index (χ1v) is 8.04. The van der Waals surface area contributed by atoms with E-state index >= 15 is 0 Å². The average molecular weight is 292 g/mol. The molecule has 1 saturated carbocycles. The largest absolute Gasteiger partial charge is 0.393 e. The molecule has 0 aliphatic heterocycles. The van der Waals surface area contributed by atoms with Crippen molar-refractivity contribution in [3.63, 3.8) is 0 Å². The Labute approximate surface area is 127 Å². The molecule has 1 aromatic rings. The molecule has 21 heavy (non-hydrogen) atoms.